The first-order valence-electron chi connectivity index (χ1n) is 7.29. The summed E-state index contributed by atoms with van der Waals surface area (Å²) in [4.78, 5) is 4.27. The fraction of sp³-hybridized carbons (Fsp3) is 0.438. The van der Waals surface area contributed by atoms with Gasteiger partial charge in [0, 0.05) is 30.9 Å². The van der Waals surface area contributed by atoms with Crippen LogP contribution in [0.5, 0.6) is 0 Å². The summed E-state index contributed by atoms with van der Waals surface area (Å²) >= 11 is 0. The summed E-state index contributed by atoms with van der Waals surface area (Å²) in [6.07, 6.45) is 6.95. The molecule has 4 heteroatoms. The van der Waals surface area contributed by atoms with Crippen molar-refractivity contribution in [1.82, 2.24) is 14.9 Å². The molecule has 1 saturated heterocycles. The number of nitrogens with zero attached hydrogens (tertiary/aromatic N) is 2. The maximum Gasteiger partial charge on any atom is 0.126 e. The predicted octanol–water partition coefficient (Wildman–Crippen LogP) is 2.73. The minimum absolute atomic E-state index is 0.117. The number of hydrogen-bond acceptors (Lipinski definition) is 2. The van der Waals surface area contributed by atoms with Gasteiger partial charge in [-0.05, 0) is 37.4 Å². The molecule has 0 bridgehead atoms. The lowest BCUT2D eigenvalue weighted by Crippen LogP contribution is -2.29. The topological polar surface area (TPSA) is 29.9 Å². The zero-order chi connectivity index (χ0) is 13.8. The third-order valence-corrected chi connectivity index (χ3v) is 4.04. The van der Waals surface area contributed by atoms with Crippen molar-refractivity contribution in [2.24, 2.45) is 0 Å². The molecule has 1 N–H and O–H groups in total. The zero-order valence-corrected chi connectivity index (χ0v) is 11.6. The van der Waals surface area contributed by atoms with Crippen molar-refractivity contribution in [2.75, 3.05) is 13.1 Å². The van der Waals surface area contributed by atoms with E-state index in [1.807, 2.05) is 24.7 Å². The molecule has 2 aromatic rings. The Morgan fingerprint density at radius 2 is 2.25 bits per heavy atom. The summed E-state index contributed by atoms with van der Waals surface area (Å²) in [5.41, 5.74) is 2.04. The second-order valence-corrected chi connectivity index (χ2v) is 5.40. The SMILES string of the molecule is Fc1ccccc1CCn1cncc1C1CCCNC1. The monoisotopic (exact) mass is 273 g/mol. The van der Waals surface area contributed by atoms with Gasteiger partial charge in [0.2, 0.25) is 0 Å². The minimum atomic E-state index is -0.117. The molecule has 1 aliphatic heterocycles. The molecule has 1 unspecified atom stereocenters. The van der Waals surface area contributed by atoms with Gasteiger partial charge in [-0.2, -0.15) is 0 Å². The Bertz CT molecular complexity index is 558. The molecule has 1 aliphatic rings. The predicted molar refractivity (Wildman–Crippen MR) is 77.2 cm³/mol. The number of halogens is 1. The summed E-state index contributed by atoms with van der Waals surface area (Å²) < 4.78 is 15.8. The standard InChI is InChI=1S/C16H20FN3/c17-15-6-2-1-4-13(15)7-9-20-12-19-11-16(20)14-5-3-8-18-10-14/h1-2,4,6,11-12,14,18H,3,5,7-10H2. The molecule has 3 rings (SSSR count). The highest BCUT2D eigenvalue weighted by molar-refractivity contribution is 5.17. The van der Waals surface area contributed by atoms with E-state index in [0.29, 0.717) is 12.3 Å². The molecule has 1 fully saturated rings. The van der Waals surface area contributed by atoms with Crippen molar-refractivity contribution in [1.29, 1.82) is 0 Å². The van der Waals surface area contributed by atoms with Crippen LogP contribution in [0.3, 0.4) is 0 Å². The molecule has 20 heavy (non-hydrogen) atoms. The number of piperidine rings is 1. The molecule has 106 valence electrons. The third-order valence-electron chi connectivity index (χ3n) is 4.04. The van der Waals surface area contributed by atoms with E-state index in [1.54, 1.807) is 6.07 Å². The number of imidazole rings is 1. The normalized spacial score (nSPS) is 19.1. The van der Waals surface area contributed by atoms with Crippen LogP contribution in [-0.4, -0.2) is 22.6 Å². The molecule has 3 nitrogen and oxygen atoms in total. The Balaban J connectivity index is 1.69. The van der Waals surface area contributed by atoms with E-state index in [2.05, 4.69) is 14.9 Å². The summed E-state index contributed by atoms with van der Waals surface area (Å²) in [6.45, 7) is 2.91. The lowest BCUT2D eigenvalue weighted by molar-refractivity contribution is 0.439. The van der Waals surface area contributed by atoms with Crippen LogP contribution in [0.2, 0.25) is 0 Å². The number of aryl methyl sites for hydroxylation is 2. The van der Waals surface area contributed by atoms with Gasteiger partial charge >= 0.3 is 0 Å². The van der Waals surface area contributed by atoms with Gasteiger partial charge in [-0.15, -0.1) is 0 Å². The molecule has 2 heterocycles. The first-order valence-corrected chi connectivity index (χ1v) is 7.29. The van der Waals surface area contributed by atoms with Crippen molar-refractivity contribution < 1.29 is 4.39 Å². The molecular weight excluding hydrogens is 253 g/mol. The Hall–Kier alpha value is -1.68. The van der Waals surface area contributed by atoms with Crippen molar-refractivity contribution in [3.63, 3.8) is 0 Å². The van der Waals surface area contributed by atoms with E-state index in [9.17, 15) is 4.39 Å². The van der Waals surface area contributed by atoms with Crippen LogP contribution in [-0.2, 0) is 13.0 Å². The summed E-state index contributed by atoms with van der Waals surface area (Å²) in [6, 6.07) is 7.00. The van der Waals surface area contributed by atoms with E-state index >= 15 is 0 Å². The maximum atomic E-state index is 13.6. The quantitative estimate of drug-likeness (QED) is 0.928. The van der Waals surface area contributed by atoms with Gasteiger partial charge < -0.3 is 9.88 Å². The average Bonchev–Trinajstić information content (AvgIpc) is 2.96. The second-order valence-electron chi connectivity index (χ2n) is 5.40. The number of nitrogens with one attached hydrogen (secondary N) is 1. The highest BCUT2D eigenvalue weighted by Crippen LogP contribution is 2.23. The second kappa shape index (κ2) is 6.18. The van der Waals surface area contributed by atoms with Crippen LogP contribution in [0.4, 0.5) is 4.39 Å². The van der Waals surface area contributed by atoms with Crippen molar-refractivity contribution in [3.05, 3.63) is 53.9 Å². The summed E-state index contributed by atoms with van der Waals surface area (Å²) in [5, 5.41) is 3.43. The number of benzene rings is 1. The Kier molecular flexibility index (Phi) is 4.11. The Morgan fingerprint density at radius 3 is 3.05 bits per heavy atom. The fourth-order valence-electron chi connectivity index (χ4n) is 2.90. The van der Waals surface area contributed by atoms with Crippen molar-refractivity contribution in [2.45, 2.75) is 31.7 Å². The average molecular weight is 273 g/mol. The van der Waals surface area contributed by atoms with Crippen LogP contribution in [0.1, 0.15) is 30.0 Å². The lowest BCUT2D eigenvalue weighted by atomic mass is 9.96. The molecule has 0 spiro atoms. The molecule has 1 aromatic heterocycles. The zero-order valence-electron chi connectivity index (χ0n) is 11.6. The Labute approximate surface area is 118 Å². The fourth-order valence-corrected chi connectivity index (χ4v) is 2.90. The molecule has 0 amide bonds. The number of rotatable bonds is 4. The largest absolute Gasteiger partial charge is 0.334 e. The van der Waals surface area contributed by atoms with E-state index in [0.717, 1.165) is 25.2 Å². The van der Waals surface area contributed by atoms with Gasteiger partial charge in [0.05, 0.1) is 6.33 Å². The summed E-state index contributed by atoms with van der Waals surface area (Å²) in [5.74, 6) is 0.417. The van der Waals surface area contributed by atoms with Gasteiger partial charge in [0.25, 0.3) is 0 Å². The molecule has 0 radical (unpaired) electrons. The van der Waals surface area contributed by atoms with Gasteiger partial charge in [-0.25, -0.2) is 9.37 Å². The molecule has 0 aliphatic carbocycles. The number of aromatic nitrogens is 2. The molecular formula is C16H20FN3. The van der Waals surface area contributed by atoms with Crippen molar-refractivity contribution >= 4 is 0 Å². The van der Waals surface area contributed by atoms with E-state index < -0.39 is 0 Å². The van der Waals surface area contributed by atoms with Crippen LogP contribution >= 0.6 is 0 Å². The van der Waals surface area contributed by atoms with Gasteiger partial charge in [0.15, 0.2) is 0 Å². The number of hydrogen-bond donors (Lipinski definition) is 1. The minimum Gasteiger partial charge on any atom is -0.334 e. The van der Waals surface area contributed by atoms with Crippen LogP contribution < -0.4 is 5.32 Å². The first-order chi connectivity index (χ1) is 9.84. The molecule has 1 atom stereocenters. The maximum absolute atomic E-state index is 13.6. The van der Waals surface area contributed by atoms with Crippen LogP contribution in [0, 0.1) is 5.82 Å². The van der Waals surface area contributed by atoms with Gasteiger partial charge in [0.1, 0.15) is 5.82 Å². The first kappa shape index (κ1) is 13.3. The lowest BCUT2D eigenvalue weighted by Gasteiger charge is -2.23. The van der Waals surface area contributed by atoms with E-state index in [4.69, 9.17) is 0 Å². The highest BCUT2D eigenvalue weighted by Gasteiger charge is 2.18. The van der Waals surface area contributed by atoms with Crippen LogP contribution in [0.25, 0.3) is 0 Å². The Morgan fingerprint density at radius 1 is 1.35 bits per heavy atom. The third kappa shape index (κ3) is 2.90. The van der Waals surface area contributed by atoms with E-state index in [1.165, 1.54) is 24.6 Å². The smallest absolute Gasteiger partial charge is 0.126 e. The summed E-state index contributed by atoms with van der Waals surface area (Å²) in [7, 11) is 0. The molecule has 1 aromatic carbocycles. The van der Waals surface area contributed by atoms with Crippen LogP contribution in [0.15, 0.2) is 36.8 Å². The highest BCUT2D eigenvalue weighted by atomic mass is 19.1. The van der Waals surface area contributed by atoms with Crippen molar-refractivity contribution in [3.8, 4) is 0 Å². The van der Waals surface area contributed by atoms with Gasteiger partial charge in [-0.3, -0.25) is 0 Å². The van der Waals surface area contributed by atoms with E-state index in [-0.39, 0.29) is 5.82 Å². The molecule has 0 saturated carbocycles. The van der Waals surface area contributed by atoms with Gasteiger partial charge in [-0.1, -0.05) is 18.2 Å².